The maximum absolute atomic E-state index is 6.00. The molecular weight excluding hydrogens is 265 g/mol. The highest BCUT2D eigenvalue weighted by Gasteiger charge is 2.04. The maximum Gasteiger partial charge on any atom is 0.224 e. The number of rotatable bonds is 1. The Morgan fingerprint density at radius 3 is 2.86 bits per heavy atom. The summed E-state index contributed by atoms with van der Waals surface area (Å²) in [6.07, 6.45) is 0. The summed E-state index contributed by atoms with van der Waals surface area (Å²) in [6, 6.07) is 5.72. The van der Waals surface area contributed by atoms with Crippen LogP contribution in [0.25, 0.3) is 10.9 Å². The molecule has 1 heterocycles. The highest BCUT2D eigenvalue weighted by atomic mass is 79.9. The fourth-order valence-corrected chi connectivity index (χ4v) is 1.77. The van der Waals surface area contributed by atoms with Gasteiger partial charge in [-0.25, -0.2) is 9.97 Å². The molecule has 1 aromatic heterocycles. The minimum Gasteiger partial charge on any atom is -0.357 e. The highest BCUT2D eigenvalue weighted by Crippen LogP contribution is 2.24. The van der Waals surface area contributed by atoms with Crippen LogP contribution in [-0.4, -0.2) is 17.0 Å². The Morgan fingerprint density at radius 1 is 1.36 bits per heavy atom. The van der Waals surface area contributed by atoms with E-state index in [1.54, 1.807) is 7.05 Å². The Morgan fingerprint density at radius 2 is 2.14 bits per heavy atom. The van der Waals surface area contributed by atoms with E-state index in [-0.39, 0.29) is 0 Å². The van der Waals surface area contributed by atoms with E-state index in [2.05, 4.69) is 31.2 Å². The van der Waals surface area contributed by atoms with E-state index in [9.17, 15) is 0 Å². The van der Waals surface area contributed by atoms with Crippen LogP contribution >= 0.6 is 27.5 Å². The Balaban J connectivity index is 2.76. The molecular formula is C9H7BrClN3. The maximum atomic E-state index is 6.00. The molecule has 0 aliphatic carbocycles. The number of halogens is 2. The summed E-state index contributed by atoms with van der Waals surface area (Å²) < 4.78 is 0.965. The van der Waals surface area contributed by atoms with E-state index in [0.29, 0.717) is 11.1 Å². The molecule has 0 saturated heterocycles. The van der Waals surface area contributed by atoms with Crippen molar-refractivity contribution in [2.45, 2.75) is 0 Å². The lowest BCUT2D eigenvalue weighted by atomic mass is 10.2. The number of nitrogens with zero attached hydrogens (tertiary/aromatic N) is 2. The summed E-state index contributed by atoms with van der Waals surface area (Å²) in [6.45, 7) is 0. The van der Waals surface area contributed by atoms with Crippen molar-refractivity contribution in [2.24, 2.45) is 0 Å². The van der Waals surface area contributed by atoms with Crippen molar-refractivity contribution >= 4 is 44.4 Å². The molecule has 1 aromatic carbocycles. The van der Waals surface area contributed by atoms with Gasteiger partial charge in [0.1, 0.15) is 5.15 Å². The second-order valence-electron chi connectivity index (χ2n) is 2.75. The number of hydrogen-bond acceptors (Lipinski definition) is 3. The van der Waals surface area contributed by atoms with Gasteiger partial charge in [-0.1, -0.05) is 27.5 Å². The van der Waals surface area contributed by atoms with E-state index < -0.39 is 0 Å². The molecule has 0 unspecified atom stereocenters. The standard InChI is InChI=1S/C9H7BrClN3/c1-12-9-13-7-3-2-5(10)4-6(7)8(11)14-9/h2-4H,1H3,(H,12,13,14). The van der Waals surface area contributed by atoms with Crippen molar-refractivity contribution in [3.05, 3.63) is 27.8 Å². The molecule has 2 aromatic rings. The fourth-order valence-electron chi connectivity index (χ4n) is 1.18. The van der Waals surface area contributed by atoms with Gasteiger partial charge in [-0.2, -0.15) is 0 Å². The van der Waals surface area contributed by atoms with Crippen LogP contribution in [-0.2, 0) is 0 Å². The molecule has 5 heteroatoms. The average Bonchev–Trinajstić information content (AvgIpc) is 2.19. The van der Waals surface area contributed by atoms with Gasteiger partial charge in [0.05, 0.1) is 5.52 Å². The Labute approximate surface area is 94.6 Å². The van der Waals surface area contributed by atoms with Crippen molar-refractivity contribution in [3.8, 4) is 0 Å². The largest absolute Gasteiger partial charge is 0.357 e. The topological polar surface area (TPSA) is 37.8 Å². The normalized spacial score (nSPS) is 10.5. The average molecular weight is 273 g/mol. The van der Waals surface area contributed by atoms with Gasteiger partial charge in [0, 0.05) is 16.9 Å². The first kappa shape index (κ1) is 9.68. The van der Waals surface area contributed by atoms with Crippen LogP contribution in [0.3, 0.4) is 0 Å². The molecule has 3 nitrogen and oxygen atoms in total. The second-order valence-corrected chi connectivity index (χ2v) is 4.02. The summed E-state index contributed by atoms with van der Waals surface area (Å²) in [5, 5.41) is 4.16. The van der Waals surface area contributed by atoms with Gasteiger partial charge in [0.2, 0.25) is 5.95 Å². The molecule has 0 aliphatic heterocycles. The van der Waals surface area contributed by atoms with Crippen molar-refractivity contribution in [3.63, 3.8) is 0 Å². The third-order valence-corrected chi connectivity index (χ3v) is 2.62. The number of aromatic nitrogens is 2. The molecule has 2 rings (SSSR count). The molecule has 0 spiro atoms. The first-order valence-electron chi connectivity index (χ1n) is 4.01. The zero-order valence-corrected chi connectivity index (χ0v) is 9.72. The van der Waals surface area contributed by atoms with E-state index in [4.69, 9.17) is 11.6 Å². The third-order valence-electron chi connectivity index (χ3n) is 1.83. The van der Waals surface area contributed by atoms with Crippen LogP contribution in [0.1, 0.15) is 0 Å². The van der Waals surface area contributed by atoms with Crippen LogP contribution in [0.4, 0.5) is 5.95 Å². The molecule has 0 atom stereocenters. The zero-order valence-electron chi connectivity index (χ0n) is 7.38. The number of benzene rings is 1. The van der Waals surface area contributed by atoms with Crippen molar-refractivity contribution in [1.29, 1.82) is 0 Å². The van der Waals surface area contributed by atoms with E-state index in [1.165, 1.54) is 0 Å². The summed E-state index contributed by atoms with van der Waals surface area (Å²) in [4.78, 5) is 8.35. The van der Waals surface area contributed by atoms with E-state index in [1.807, 2.05) is 18.2 Å². The van der Waals surface area contributed by atoms with Crippen molar-refractivity contribution in [2.75, 3.05) is 12.4 Å². The molecule has 0 fully saturated rings. The van der Waals surface area contributed by atoms with Crippen LogP contribution < -0.4 is 5.32 Å². The van der Waals surface area contributed by atoms with Crippen LogP contribution in [0.15, 0.2) is 22.7 Å². The molecule has 0 radical (unpaired) electrons. The molecule has 0 bridgehead atoms. The minimum absolute atomic E-state index is 0.459. The lowest BCUT2D eigenvalue weighted by Crippen LogP contribution is -1.96. The monoisotopic (exact) mass is 271 g/mol. The lowest BCUT2D eigenvalue weighted by molar-refractivity contribution is 1.19. The van der Waals surface area contributed by atoms with Crippen molar-refractivity contribution < 1.29 is 0 Å². The van der Waals surface area contributed by atoms with Gasteiger partial charge < -0.3 is 5.32 Å². The summed E-state index contributed by atoms with van der Waals surface area (Å²) in [5.74, 6) is 0.532. The molecule has 1 N–H and O–H groups in total. The van der Waals surface area contributed by atoms with Crippen LogP contribution in [0.5, 0.6) is 0 Å². The summed E-state index contributed by atoms with van der Waals surface area (Å²) >= 11 is 9.37. The molecule has 0 aliphatic rings. The minimum atomic E-state index is 0.459. The predicted molar refractivity (Wildman–Crippen MR) is 61.8 cm³/mol. The number of fused-ring (bicyclic) bond motifs is 1. The van der Waals surface area contributed by atoms with Gasteiger partial charge in [-0.05, 0) is 18.2 Å². The van der Waals surface area contributed by atoms with Gasteiger partial charge in [-0.3, -0.25) is 0 Å². The summed E-state index contributed by atoms with van der Waals surface area (Å²) in [7, 11) is 1.76. The predicted octanol–water partition coefficient (Wildman–Crippen LogP) is 3.09. The van der Waals surface area contributed by atoms with E-state index in [0.717, 1.165) is 15.4 Å². The lowest BCUT2D eigenvalue weighted by Gasteiger charge is -2.03. The third kappa shape index (κ3) is 1.67. The smallest absolute Gasteiger partial charge is 0.224 e. The van der Waals surface area contributed by atoms with Crippen LogP contribution in [0, 0.1) is 0 Å². The molecule has 14 heavy (non-hydrogen) atoms. The van der Waals surface area contributed by atoms with Gasteiger partial charge in [-0.15, -0.1) is 0 Å². The zero-order chi connectivity index (χ0) is 10.1. The Hall–Kier alpha value is -0.870. The van der Waals surface area contributed by atoms with E-state index >= 15 is 0 Å². The Kier molecular flexibility index (Phi) is 2.56. The van der Waals surface area contributed by atoms with Gasteiger partial charge in [0.15, 0.2) is 0 Å². The molecule has 0 amide bonds. The number of hydrogen-bond donors (Lipinski definition) is 1. The second kappa shape index (κ2) is 3.71. The first-order valence-corrected chi connectivity index (χ1v) is 5.18. The fraction of sp³-hybridized carbons (Fsp3) is 0.111. The summed E-state index contributed by atoms with van der Waals surface area (Å²) in [5.41, 5.74) is 0.831. The van der Waals surface area contributed by atoms with Crippen molar-refractivity contribution in [1.82, 2.24) is 9.97 Å². The molecule has 0 saturated carbocycles. The SMILES string of the molecule is CNc1nc(Cl)c2cc(Br)ccc2n1. The van der Waals surface area contributed by atoms with Gasteiger partial charge >= 0.3 is 0 Å². The number of anilines is 1. The highest BCUT2D eigenvalue weighted by molar-refractivity contribution is 9.10. The first-order chi connectivity index (χ1) is 6.70. The molecule has 72 valence electrons. The van der Waals surface area contributed by atoms with Crippen LogP contribution in [0.2, 0.25) is 5.15 Å². The Bertz CT molecular complexity index is 487. The number of nitrogens with one attached hydrogen (secondary N) is 1. The van der Waals surface area contributed by atoms with Gasteiger partial charge in [0.25, 0.3) is 0 Å². The quantitative estimate of drug-likeness (QED) is 0.811.